The Morgan fingerprint density at radius 2 is 1.76 bits per heavy atom. The summed E-state index contributed by atoms with van der Waals surface area (Å²) in [7, 11) is 0. The van der Waals surface area contributed by atoms with Gasteiger partial charge in [-0.25, -0.2) is 9.97 Å². The fourth-order valence-electron chi connectivity index (χ4n) is 4.64. The van der Waals surface area contributed by atoms with Crippen LogP contribution in [-0.2, 0) is 16.0 Å². The summed E-state index contributed by atoms with van der Waals surface area (Å²) in [4.78, 5) is 37.8. The molecule has 2 amide bonds. The van der Waals surface area contributed by atoms with E-state index in [0.29, 0.717) is 44.1 Å². The maximum Gasteiger partial charge on any atom is 0.255 e. The van der Waals surface area contributed by atoms with Crippen LogP contribution in [0.25, 0.3) is 16.8 Å². The minimum absolute atomic E-state index is 0.0350. The molecular formula is C29H32N6O3. The minimum atomic E-state index is -0.0350. The molecule has 0 spiro atoms. The number of carbonyl (C=O) groups excluding carboxylic acids is 2. The van der Waals surface area contributed by atoms with Crippen LogP contribution in [0.15, 0.2) is 67.3 Å². The Labute approximate surface area is 222 Å². The summed E-state index contributed by atoms with van der Waals surface area (Å²) in [5.41, 5.74) is 5.14. The van der Waals surface area contributed by atoms with Gasteiger partial charge in [0.1, 0.15) is 5.82 Å². The van der Waals surface area contributed by atoms with Gasteiger partial charge in [0, 0.05) is 56.5 Å². The number of ether oxygens (including phenoxy) is 1. The van der Waals surface area contributed by atoms with E-state index in [1.54, 1.807) is 23.4 Å². The van der Waals surface area contributed by atoms with Gasteiger partial charge < -0.3 is 24.3 Å². The number of morpholine rings is 1. The van der Waals surface area contributed by atoms with Gasteiger partial charge in [0.15, 0.2) is 5.65 Å². The van der Waals surface area contributed by atoms with Crippen LogP contribution < -0.4 is 5.32 Å². The predicted molar refractivity (Wildman–Crippen MR) is 147 cm³/mol. The summed E-state index contributed by atoms with van der Waals surface area (Å²) in [5, 5.41) is 3.36. The molecular weight excluding hydrogens is 480 g/mol. The summed E-state index contributed by atoms with van der Waals surface area (Å²) in [6, 6.07) is 13.7. The second-order valence-electron chi connectivity index (χ2n) is 9.20. The number of rotatable bonds is 8. The van der Waals surface area contributed by atoms with E-state index in [4.69, 9.17) is 4.74 Å². The van der Waals surface area contributed by atoms with Gasteiger partial charge in [0.2, 0.25) is 5.91 Å². The fraction of sp³-hybridized carbons (Fsp3) is 0.310. The summed E-state index contributed by atoms with van der Waals surface area (Å²) >= 11 is 0. The number of nitrogens with zero attached hydrogens (tertiary/aromatic N) is 5. The molecule has 0 atom stereocenters. The highest BCUT2D eigenvalue weighted by Crippen LogP contribution is 2.28. The van der Waals surface area contributed by atoms with Crippen molar-refractivity contribution < 1.29 is 14.3 Å². The molecule has 38 heavy (non-hydrogen) atoms. The minimum Gasteiger partial charge on any atom is -0.378 e. The third-order valence-corrected chi connectivity index (χ3v) is 6.82. The number of benzene rings is 1. The monoisotopic (exact) mass is 512 g/mol. The van der Waals surface area contributed by atoms with E-state index >= 15 is 0 Å². The van der Waals surface area contributed by atoms with Crippen LogP contribution in [0, 0.1) is 0 Å². The van der Waals surface area contributed by atoms with E-state index in [0.717, 1.165) is 41.1 Å². The van der Waals surface area contributed by atoms with Crippen LogP contribution in [0.2, 0.25) is 0 Å². The Bertz CT molecular complexity index is 1400. The lowest BCUT2D eigenvalue weighted by Gasteiger charge is -2.26. The summed E-state index contributed by atoms with van der Waals surface area (Å²) in [5.74, 6) is 0.724. The van der Waals surface area contributed by atoms with Gasteiger partial charge in [-0.05, 0) is 43.2 Å². The van der Waals surface area contributed by atoms with Crippen LogP contribution in [0.1, 0.15) is 29.8 Å². The van der Waals surface area contributed by atoms with Gasteiger partial charge in [0.25, 0.3) is 5.91 Å². The van der Waals surface area contributed by atoms with Gasteiger partial charge >= 0.3 is 0 Å². The average Bonchev–Trinajstić information content (AvgIpc) is 3.44. The van der Waals surface area contributed by atoms with Crippen molar-refractivity contribution in [3.05, 3.63) is 78.4 Å². The van der Waals surface area contributed by atoms with Crippen LogP contribution in [0.4, 0.5) is 11.5 Å². The van der Waals surface area contributed by atoms with Gasteiger partial charge in [-0.3, -0.25) is 9.59 Å². The maximum absolute atomic E-state index is 12.7. The van der Waals surface area contributed by atoms with Crippen molar-refractivity contribution in [2.45, 2.75) is 20.3 Å². The van der Waals surface area contributed by atoms with Crippen LogP contribution in [0.5, 0.6) is 0 Å². The quantitative estimate of drug-likeness (QED) is 0.383. The Hall–Kier alpha value is -4.24. The van der Waals surface area contributed by atoms with E-state index < -0.39 is 0 Å². The standard InChI is InChI=1S/C29H32N6O3/c1-3-33(4-2)27(36)17-21-5-7-22(8-6-21)24-18-25(28-30-11-12-35(28)20-24)32-26-10-9-23(19-31-26)29(37)34-13-15-38-16-14-34/h5-12,18-20H,3-4,13-17H2,1-2H3,(H,31,32). The third-order valence-electron chi connectivity index (χ3n) is 6.82. The maximum atomic E-state index is 12.7. The first-order valence-corrected chi connectivity index (χ1v) is 13.0. The Morgan fingerprint density at radius 1 is 1.00 bits per heavy atom. The van der Waals surface area contributed by atoms with Gasteiger partial charge in [0.05, 0.1) is 30.9 Å². The highest BCUT2D eigenvalue weighted by Gasteiger charge is 2.19. The number of carbonyl (C=O) groups is 2. The molecule has 1 aromatic carbocycles. The van der Waals surface area contributed by atoms with E-state index in [1.165, 1.54) is 0 Å². The van der Waals surface area contributed by atoms with Crippen LogP contribution in [-0.4, -0.2) is 75.4 Å². The van der Waals surface area contributed by atoms with Crippen molar-refractivity contribution in [1.29, 1.82) is 0 Å². The Balaban J connectivity index is 1.34. The van der Waals surface area contributed by atoms with E-state index in [2.05, 4.69) is 15.3 Å². The topological polar surface area (TPSA) is 92.1 Å². The number of likely N-dealkylation sites (N-methyl/N-ethyl adjacent to an activating group) is 1. The van der Waals surface area contributed by atoms with Crippen molar-refractivity contribution in [3.63, 3.8) is 0 Å². The van der Waals surface area contributed by atoms with E-state index in [1.807, 2.05) is 71.9 Å². The normalized spacial score (nSPS) is 13.5. The lowest BCUT2D eigenvalue weighted by atomic mass is 10.0. The summed E-state index contributed by atoms with van der Waals surface area (Å²) in [6.45, 7) is 7.74. The van der Waals surface area contributed by atoms with Crippen molar-refractivity contribution in [2.24, 2.45) is 0 Å². The summed E-state index contributed by atoms with van der Waals surface area (Å²) < 4.78 is 7.30. The average molecular weight is 513 g/mol. The van der Waals surface area contributed by atoms with Crippen LogP contribution in [0.3, 0.4) is 0 Å². The first-order valence-electron chi connectivity index (χ1n) is 13.0. The molecule has 1 aliphatic heterocycles. The molecule has 1 saturated heterocycles. The molecule has 0 radical (unpaired) electrons. The molecule has 9 nitrogen and oxygen atoms in total. The molecule has 0 aliphatic carbocycles. The molecule has 1 aliphatic rings. The molecule has 3 aromatic heterocycles. The number of imidazole rings is 1. The molecule has 1 fully saturated rings. The van der Waals surface area contributed by atoms with Crippen molar-refractivity contribution in [2.75, 3.05) is 44.7 Å². The smallest absolute Gasteiger partial charge is 0.255 e. The predicted octanol–water partition coefficient (Wildman–Crippen LogP) is 4.02. The number of fused-ring (bicyclic) bond motifs is 1. The lowest BCUT2D eigenvalue weighted by molar-refractivity contribution is -0.130. The third kappa shape index (κ3) is 5.52. The zero-order chi connectivity index (χ0) is 26.5. The molecule has 4 aromatic rings. The Morgan fingerprint density at radius 3 is 2.45 bits per heavy atom. The number of anilines is 2. The van der Waals surface area contributed by atoms with Crippen LogP contribution >= 0.6 is 0 Å². The van der Waals surface area contributed by atoms with Gasteiger partial charge in [-0.1, -0.05) is 24.3 Å². The zero-order valence-corrected chi connectivity index (χ0v) is 21.8. The molecule has 196 valence electrons. The molecule has 5 rings (SSSR count). The number of aromatic nitrogens is 3. The highest BCUT2D eigenvalue weighted by atomic mass is 16.5. The molecule has 0 unspecified atom stereocenters. The SMILES string of the molecule is CCN(CC)C(=O)Cc1ccc(-c2cc(Nc3ccc(C(=O)N4CCOCC4)cn3)c3nccn3c2)cc1. The van der Waals surface area contributed by atoms with E-state index in [9.17, 15) is 9.59 Å². The highest BCUT2D eigenvalue weighted by molar-refractivity contribution is 5.94. The van der Waals surface area contributed by atoms with Gasteiger partial charge in [-0.2, -0.15) is 0 Å². The first-order chi connectivity index (χ1) is 18.6. The van der Waals surface area contributed by atoms with Crippen molar-refractivity contribution >= 4 is 29.0 Å². The number of hydrogen-bond acceptors (Lipinski definition) is 6. The number of amides is 2. The molecule has 9 heteroatoms. The molecule has 4 heterocycles. The van der Waals surface area contributed by atoms with Gasteiger partial charge in [-0.15, -0.1) is 0 Å². The van der Waals surface area contributed by atoms with Crippen molar-refractivity contribution in [1.82, 2.24) is 24.2 Å². The first kappa shape index (κ1) is 25.4. The lowest BCUT2D eigenvalue weighted by Crippen LogP contribution is -2.40. The molecule has 1 N–H and O–H groups in total. The van der Waals surface area contributed by atoms with E-state index in [-0.39, 0.29) is 11.8 Å². The molecule has 0 bridgehead atoms. The molecule has 0 saturated carbocycles. The summed E-state index contributed by atoms with van der Waals surface area (Å²) in [6.07, 6.45) is 7.68. The largest absolute Gasteiger partial charge is 0.378 e. The Kier molecular flexibility index (Phi) is 7.65. The number of nitrogens with one attached hydrogen (secondary N) is 1. The fourth-order valence-corrected chi connectivity index (χ4v) is 4.64. The number of hydrogen-bond donors (Lipinski definition) is 1. The zero-order valence-electron chi connectivity index (χ0n) is 21.8. The second kappa shape index (κ2) is 11.4. The number of pyridine rings is 2. The second-order valence-corrected chi connectivity index (χ2v) is 9.20. The van der Waals surface area contributed by atoms with Crippen molar-refractivity contribution in [3.8, 4) is 11.1 Å².